The third kappa shape index (κ3) is 2.20. The van der Waals surface area contributed by atoms with E-state index in [9.17, 15) is 4.79 Å². The summed E-state index contributed by atoms with van der Waals surface area (Å²) in [6.07, 6.45) is 0.869. The second-order valence-corrected chi connectivity index (χ2v) is 4.70. The molecular weight excluding hydrogens is 222 g/mol. The van der Waals surface area contributed by atoms with E-state index in [0.717, 1.165) is 6.42 Å². The first-order valence-electron chi connectivity index (χ1n) is 5.86. The molecule has 0 unspecified atom stereocenters. The Kier molecular flexibility index (Phi) is 3.19. The van der Waals surface area contributed by atoms with Gasteiger partial charge in [-0.2, -0.15) is 0 Å². The minimum absolute atomic E-state index is 0.0332. The minimum atomic E-state index is -1.06. The van der Waals surface area contributed by atoms with Gasteiger partial charge in [-0.15, -0.1) is 0 Å². The summed E-state index contributed by atoms with van der Waals surface area (Å²) in [4.78, 5) is 15.4. The van der Waals surface area contributed by atoms with Crippen LogP contribution in [0.4, 0.5) is 0 Å². The molecule has 17 heavy (non-hydrogen) atoms. The molecule has 2 atom stereocenters. The maximum absolute atomic E-state index is 11.1. The highest BCUT2D eigenvalue weighted by molar-refractivity contribution is 5.85. The van der Waals surface area contributed by atoms with E-state index in [2.05, 4.69) is 4.98 Å². The summed E-state index contributed by atoms with van der Waals surface area (Å²) in [7, 11) is 0. The van der Waals surface area contributed by atoms with Gasteiger partial charge in [-0.3, -0.25) is 0 Å². The van der Waals surface area contributed by atoms with Crippen LogP contribution in [0, 0.1) is 0 Å². The maximum atomic E-state index is 11.1. The van der Waals surface area contributed by atoms with Crippen LogP contribution in [0.15, 0.2) is 4.42 Å². The Morgan fingerprint density at radius 3 is 2.65 bits per heavy atom. The number of aromatic carboxylic acids is 1. The van der Waals surface area contributed by atoms with Gasteiger partial charge in [-0.05, 0) is 19.3 Å². The molecule has 0 aromatic carbocycles. The Bertz CT molecular complexity index is 424. The summed E-state index contributed by atoms with van der Waals surface area (Å²) in [6, 6.07) is 0. The molecule has 0 saturated carbocycles. The number of ether oxygens (including phenoxy) is 1. The number of hydrogen-bond acceptors (Lipinski definition) is 4. The highest BCUT2D eigenvalue weighted by atomic mass is 16.5. The lowest BCUT2D eigenvalue weighted by Crippen LogP contribution is -2.09. The van der Waals surface area contributed by atoms with E-state index in [1.165, 1.54) is 0 Å². The number of oxazole rings is 1. The molecule has 1 aliphatic rings. The van der Waals surface area contributed by atoms with Gasteiger partial charge in [0, 0.05) is 6.61 Å². The van der Waals surface area contributed by atoms with Crippen molar-refractivity contribution in [2.45, 2.75) is 45.1 Å². The summed E-state index contributed by atoms with van der Waals surface area (Å²) < 4.78 is 10.8. The average Bonchev–Trinajstić information content (AvgIpc) is 2.82. The summed E-state index contributed by atoms with van der Waals surface area (Å²) >= 11 is 0. The fourth-order valence-electron chi connectivity index (χ4n) is 2.11. The Morgan fingerprint density at radius 1 is 1.53 bits per heavy atom. The zero-order chi connectivity index (χ0) is 12.6. The quantitative estimate of drug-likeness (QED) is 0.876. The molecule has 1 fully saturated rings. The van der Waals surface area contributed by atoms with Gasteiger partial charge in [0.15, 0.2) is 0 Å². The molecule has 1 aromatic heterocycles. The summed E-state index contributed by atoms with van der Waals surface area (Å²) in [6.45, 7) is 6.44. The van der Waals surface area contributed by atoms with E-state index in [1.807, 2.05) is 20.8 Å². The van der Waals surface area contributed by atoms with Crippen molar-refractivity contribution in [2.24, 2.45) is 0 Å². The van der Waals surface area contributed by atoms with Gasteiger partial charge in [-0.1, -0.05) is 13.8 Å². The van der Waals surface area contributed by atoms with E-state index < -0.39 is 5.97 Å². The van der Waals surface area contributed by atoms with Gasteiger partial charge in [0.1, 0.15) is 0 Å². The average molecular weight is 239 g/mol. The first kappa shape index (κ1) is 12.1. The normalized spacial score (nSPS) is 24.5. The van der Waals surface area contributed by atoms with Crippen LogP contribution in [0.5, 0.6) is 0 Å². The van der Waals surface area contributed by atoms with E-state index in [-0.39, 0.29) is 23.7 Å². The molecule has 5 heteroatoms. The fourth-order valence-corrected chi connectivity index (χ4v) is 2.11. The van der Waals surface area contributed by atoms with Crippen molar-refractivity contribution in [3.05, 3.63) is 17.3 Å². The van der Waals surface area contributed by atoms with Gasteiger partial charge in [-0.25, -0.2) is 9.78 Å². The predicted octanol–water partition coefficient (Wildman–Crippen LogP) is 2.39. The van der Waals surface area contributed by atoms with Gasteiger partial charge in [0.2, 0.25) is 11.7 Å². The van der Waals surface area contributed by atoms with Crippen LogP contribution in [0.1, 0.15) is 61.2 Å². The number of rotatable bonds is 3. The molecule has 1 N–H and O–H groups in total. The van der Waals surface area contributed by atoms with Gasteiger partial charge in [0.05, 0.1) is 17.7 Å². The van der Waals surface area contributed by atoms with E-state index in [1.54, 1.807) is 0 Å². The summed E-state index contributed by atoms with van der Waals surface area (Å²) in [5.74, 6) is -0.485. The highest BCUT2D eigenvalue weighted by Gasteiger charge is 2.32. The second-order valence-electron chi connectivity index (χ2n) is 4.70. The SMILES string of the molecule is CC(C)c1nc([C@H]2CCO[C@H]2C)oc1C(=O)O. The molecular formula is C12H17NO4. The zero-order valence-corrected chi connectivity index (χ0v) is 10.3. The van der Waals surface area contributed by atoms with Crippen LogP contribution in [-0.4, -0.2) is 28.8 Å². The largest absolute Gasteiger partial charge is 0.475 e. The smallest absolute Gasteiger partial charge is 0.373 e. The summed E-state index contributed by atoms with van der Waals surface area (Å²) in [5.41, 5.74) is 0.520. The number of carboxylic acids is 1. The molecule has 0 radical (unpaired) electrons. The van der Waals surface area contributed by atoms with Crippen LogP contribution >= 0.6 is 0 Å². The lowest BCUT2D eigenvalue weighted by atomic mass is 10.0. The molecule has 2 heterocycles. The van der Waals surface area contributed by atoms with Gasteiger partial charge < -0.3 is 14.3 Å². The Labute approximate surface area is 99.8 Å². The third-order valence-electron chi connectivity index (χ3n) is 3.10. The molecule has 2 rings (SSSR count). The van der Waals surface area contributed by atoms with Crippen molar-refractivity contribution in [3.8, 4) is 0 Å². The van der Waals surface area contributed by atoms with E-state index in [4.69, 9.17) is 14.3 Å². The minimum Gasteiger partial charge on any atom is -0.475 e. The van der Waals surface area contributed by atoms with Gasteiger partial charge in [0.25, 0.3) is 0 Å². The monoisotopic (exact) mass is 239 g/mol. The van der Waals surface area contributed by atoms with Crippen LogP contribution in [0.3, 0.4) is 0 Å². The number of hydrogen-bond donors (Lipinski definition) is 1. The third-order valence-corrected chi connectivity index (χ3v) is 3.10. The second kappa shape index (κ2) is 4.49. The first-order valence-corrected chi connectivity index (χ1v) is 5.86. The van der Waals surface area contributed by atoms with E-state index >= 15 is 0 Å². The molecule has 0 bridgehead atoms. The fraction of sp³-hybridized carbons (Fsp3) is 0.667. The standard InChI is InChI=1S/C12H17NO4/c1-6(2)9-10(12(14)15)17-11(13-9)8-4-5-16-7(8)3/h6-8H,4-5H2,1-3H3,(H,14,15)/t7-,8-/m0/s1. The number of carboxylic acid groups (broad SMARTS) is 1. The molecule has 0 aliphatic carbocycles. The molecule has 0 spiro atoms. The lowest BCUT2D eigenvalue weighted by molar-refractivity contribution is 0.0654. The van der Waals surface area contributed by atoms with Crippen molar-refractivity contribution >= 4 is 5.97 Å². The van der Waals surface area contributed by atoms with Crippen molar-refractivity contribution in [3.63, 3.8) is 0 Å². The number of nitrogens with zero attached hydrogens (tertiary/aromatic N) is 1. The maximum Gasteiger partial charge on any atom is 0.373 e. The van der Waals surface area contributed by atoms with Gasteiger partial charge >= 0.3 is 5.97 Å². The zero-order valence-electron chi connectivity index (χ0n) is 10.3. The Hall–Kier alpha value is -1.36. The predicted molar refractivity (Wildman–Crippen MR) is 60.3 cm³/mol. The molecule has 94 valence electrons. The van der Waals surface area contributed by atoms with Crippen LogP contribution < -0.4 is 0 Å². The van der Waals surface area contributed by atoms with Crippen molar-refractivity contribution < 1.29 is 19.1 Å². The van der Waals surface area contributed by atoms with Crippen LogP contribution in [0.25, 0.3) is 0 Å². The molecule has 1 aliphatic heterocycles. The van der Waals surface area contributed by atoms with Crippen LogP contribution in [0.2, 0.25) is 0 Å². The Balaban J connectivity index is 2.36. The van der Waals surface area contributed by atoms with E-state index in [0.29, 0.717) is 18.2 Å². The topological polar surface area (TPSA) is 72.6 Å². The van der Waals surface area contributed by atoms with Crippen molar-refractivity contribution in [2.75, 3.05) is 6.61 Å². The molecule has 1 aromatic rings. The lowest BCUT2D eigenvalue weighted by Gasteiger charge is -2.08. The Morgan fingerprint density at radius 2 is 2.24 bits per heavy atom. The number of carbonyl (C=O) groups is 1. The molecule has 5 nitrogen and oxygen atoms in total. The van der Waals surface area contributed by atoms with Crippen LogP contribution in [-0.2, 0) is 4.74 Å². The first-order chi connectivity index (χ1) is 8.00. The highest BCUT2D eigenvalue weighted by Crippen LogP contribution is 2.33. The van der Waals surface area contributed by atoms with Crippen molar-refractivity contribution in [1.29, 1.82) is 0 Å². The summed E-state index contributed by atoms with van der Waals surface area (Å²) in [5, 5.41) is 9.07. The molecule has 0 amide bonds. The molecule has 1 saturated heterocycles. The number of aromatic nitrogens is 1. The van der Waals surface area contributed by atoms with Crippen molar-refractivity contribution in [1.82, 2.24) is 4.98 Å².